The number of rotatable bonds is 2. The number of fused-ring (bicyclic) bond motifs is 3. The van der Waals surface area contributed by atoms with Crippen molar-refractivity contribution >= 4 is 56.0 Å². The molecule has 0 spiro atoms. The maximum atomic E-state index is 12.9. The predicted molar refractivity (Wildman–Crippen MR) is 91.9 cm³/mol. The number of pyridine rings is 1. The standard InChI is InChI=1S/C13H12Cl2N4O2S2/c14-11-3-10(12(15)22-11)23(20,21)19-2-1-8-7(6-19)4-16-13-9(8)5-17-18-13/h3-5,10,12H,1-2,6H2,(H,16,17,18). The number of nitrogens with one attached hydrogen (secondary N) is 1. The topological polar surface area (TPSA) is 79.0 Å². The lowest BCUT2D eigenvalue weighted by Crippen LogP contribution is -2.42. The average Bonchev–Trinajstić information content (AvgIpc) is 3.12. The summed E-state index contributed by atoms with van der Waals surface area (Å²) in [4.78, 5) is 4.29. The van der Waals surface area contributed by atoms with Crippen LogP contribution in [0.5, 0.6) is 0 Å². The van der Waals surface area contributed by atoms with Gasteiger partial charge in [0.25, 0.3) is 0 Å². The van der Waals surface area contributed by atoms with Crippen LogP contribution in [0.1, 0.15) is 11.1 Å². The number of thioether (sulfide) groups is 1. The Morgan fingerprint density at radius 2 is 2.22 bits per heavy atom. The van der Waals surface area contributed by atoms with Crippen molar-refractivity contribution in [2.75, 3.05) is 6.54 Å². The lowest BCUT2D eigenvalue weighted by molar-refractivity contribution is 0.389. The van der Waals surface area contributed by atoms with E-state index < -0.39 is 20.0 Å². The molecule has 0 bridgehead atoms. The fourth-order valence-electron chi connectivity index (χ4n) is 2.96. The molecule has 2 aliphatic heterocycles. The minimum atomic E-state index is -3.56. The molecule has 2 atom stereocenters. The highest BCUT2D eigenvalue weighted by Crippen LogP contribution is 2.41. The third-order valence-corrected chi connectivity index (χ3v) is 8.38. The van der Waals surface area contributed by atoms with Crippen molar-refractivity contribution in [2.24, 2.45) is 0 Å². The first-order valence-electron chi connectivity index (χ1n) is 6.93. The number of H-pyrrole nitrogens is 1. The summed E-state index contributed by atoms with van der Waals surface area (Å²) in [5.74, 6) is 0. The van der Waals surface area contributed by atoms with E-state index in [2.05, 4.69) is 15.2 Å². The molecule has 6 nitrogen and oxygen atoms in total. The first kappa shape index (κ1) is 15.7. The third kappa shape index (κ3) is 2.56. The van der Waals surface area contributed by atoms with Gasteiger partial charge in [-0.2, -0.15) is 9.40 Å². The maximum absolute atomic E-state index is 12.9. The molecule has 1 N–H and O–H groups in total. The number of aromatic amines is 1. The van der Waals surface area contributed by atoms with Gasteiger partial charge in [0.1, 0.15) is 9.96 Å². The van der Waals surface area contributed by atoms with Gasteiger partial charge in [-0.05, 0) is 23.6 Å². The zero-order valence-electron chi connectivity index (χ0n) is 11.7. The zero-order chi connectivity index (χ0) is 16.2. The van der Waals surface area contributed by atoms with Gasteiger partial charge in [-0.25, -0.2) is 13.4 Å². The molecule has 0 saturated carbocycles. The van der Waals surface area contributed by atoms with Crippen molar-refractivity contribution in [3.05, 3.63) is 34.0 Å². The SMILES string of the molecule is O=S(=O)(C1C=C(Cl)SC1Cl)N1CCc2c(cnc3[nH]ncc23)C1. The fraction of sp³-hybridized carbons (Fsp3) is 0.385. The van der Waals surface area contributed by atoms with Crippen molar-refractivity contribution in [1.82, 2.24) is 19.5 Å². The first-order valence-corrected chi connectivity index (χ1v) is 10.1. The highest BCUT2D eigenvalue weighted by molar-refractivity contribution is 8.07. The van der Waals surface area contributed by atoms with Gasteiger partial charge in [-0.1, -0.05) is 23.4 Å². The van der Waals surface area contributed by atoms with Gasteiger partial charge in [0.15, 0.2) is 5.65 Å². The van der Waals surface area contributed by atoms with E-state index in [1.165, 1.54) is 22.1 Å². The second-order valence-corrected chi connectivity index (χ2v) is 10.1. The number of hydrogen-bond donors (Lipinski definition) is 1. The Morgan fingerprint density at radius 3 is 2.96 bits per heavy atom. The van der Waals surface area contributed by atoms with Crippen LogP contribution >= 0.6 is 35.0 Å². The van der Waals surface area contributed by atoms with Crippen LogP contribution in [0, 0.1) is 0 Å². The molecule has 4 heterocycles. The Hall–Kier alpha value is -0.800. The third-order valence-electron chi connectivity index (χ3n) is 4.12. The molecule has 0 fully saturated rings. The van der Waals surface area contributed by atoms with Crippen molar-refractivity contribution in [1.29, 1.82) is 0 Å². The second kappa shape index (κ2) is 5.63. The molecule has 0 amide bonds. The second-order valence-electron chi connectivity index (χ2n) is 5.43. The van der Waals surface area contributed by atoms with Crippen LogP contribution in [0.15, 0.2) is 22.8 Å². The van der Waals surface area contributed by atoms with Crippen LogP contribution in [0.25, 0.3) is 11.0 Å². The van der Waals surface area contributed by atoms with E-state index in [1.54, 1.807) is 12.4 Å². The monoisotopic (exact) mass is 390 g/mol. The molecule has 0 aliphatic carbocycles. The van der Waals surface area contributed by atoms with Crippen molar-refractivity contribution in [3.8, 4) is 0 Å². The lowest BCUT2D eigenvalue weighted by Gasteiger charge is -2.30. The quantitative estimate of drug-likeness (QED) is 0.796. The zero-order valence-corrected chi connectivity index (χ0v) is 14.9. The lowest BCUT2D eigenvalue weighted by atomic mass is 10.0. The molecular formula is C13H12Cl2N4O2S2. The number of nitrogens with zero attached hydrogens (tertiary/aromatic N) is 3. The van der Waals surface area contributed by atoms with E-state index in [0.717, 1.165) is 22.2 Å². The van der Waals surface area contributed by atoms with Crippen LogP contribution in [-0.2, 0) is 23.0 Å². The van der Waals surface area contributed by atoms with Gasteiger partial charge in [0.05, 0.1) is 10.6 Å². The van der Waals surface area contributed by atoms with E-state index >= 15 is 0 Å². The van der Waals surface area contributed by atoms with Crippen LogP contribution in [0.3, 0.4) is 0 Å². The highest BCUT2D eigenvalue weighted by atomic mass is 35.5. The Labute approximate surface area is 147 Å². The van der Waals surface area contributed by atoms with Crippen molar-refractivity contribution in [2.45, 2.75) is 22.9 Å². The molecule has 122 valence electrons. The molecule has 2 aromatic heterocycles. The Bertz CT molecular complexity index is 912. The number of sulfonamides is 1. The summed E-state index contributed by atoms with van der Waals surface area (Å²) >= 11 is 13.2. The van der Waals surface area contributed by atoms with E-state index in [9.17, 15) is 8.42 Å². The molecule has 4 rings (SSSR count). The number of aromatic nitrogens is 3. The molecule has 2 unspecified atom stereocenters. The number of hydrogen-bond acceptors (Lipinski definition) is 5. The minimum Gasteiger partial charge on any atom is -0.261 e. The summed E-state index contributed by atoms with van der Waals surface area (Å²) in [7, 11) is -3.56. The normalized spacial score (nSPS) is 25.6. The summed E-state index contributed by atoms with van der Waals surface area (Å²) in [5.41, 5.74) is 2.73. The van der Waals surface area contributed by atoms with Gasteiger partial charge in [-0.3, -0.25) is 5.10 Å². The fourth-order valence-corrected chi connectivity index (χ4v) is 7.26. The molecule has 23 heavy (non-hydrogen) atoms. The summed E-state index contributed by atoms with van der Waals surface area (Å²) < 4.78 is 27.0. The summed E-state index contributed by atoms with van der Waals surface area (Å²) in [5, 5.41) is 6.98. The maximum Gasteiger partial charge on any atom is 0.223 e. The Morgan fingerprint density at radius 1 is 1.39 bits per heavy atom. The molecule has 10 heteroatoms. The summed E-state index contributed by atoms with van der Waals surface area (Å²) in [6.45, 7) is 0.706. The predicted octanol–water partition coefficient (Wildman–Crippen LogP) is 2.41. The van der Waals surface area contributed by atoms with Gasteiger partial charge in [-0.15, -0.1) is 11.6 Å². The summed E-state index contributed by atoms with van der Waals surface area (Å²) in [6.07, 6.45) is 5.59. The van der Waals surface area contributed by atoms with Gasteiger partial charge < -0.3 is 0 Å². The van der Waals surface area contributed by atoms with Gasteiger partial charge in [0, 0.05) is 24.7 Å². The average molecular weight is 391 g/mol. The van der Waals surface area contributed by atoms with Gasteiger partial charge in [0.2, 0.25) is 10.0 Å². The van der Waals surface area contributed by atoms with E-state index in [1.807, 2.05) is 0 Å². The molecule has 0 radical (unpaired) electrons. The smallest absolute Gasteiger partial charge is 0.223 e. The van der Waals surface area contributed by atoms with Crippen LogP contribution in [0.4, 0.5) is 0 Å². The molecule has 0 saturated heterocycles. The van der Waals surface area contributed by atoms with E-state index in [0.29, 0.717) is 23.9 Å². The Kier molecular flexibility index (Phi) is 3.85. The molecule has 0 aromatic carbocycles. The van der Waals surface area contributed by atoms with Crippen LogP contribution in [0.2, 0.25) is 0 Å². The van der Waals surface area contributed by atoms with Gasteiger partial charge >= 0.3 is 0 Å². The molecular weight excluding hydrogens is 379 g/mol. The van der Waals surface area contributed by atoms with Crippen LogP contribution in [-0.4, -0.2) is 44.4 Å². The number of halogens is 2. The molecule has 2 aromatic rings. The summed E-state index contributed by atoms with van der Waals surface area (Å²) in [6, 6.07) is 0. The minimum absolute atomic E-state index is 0.294. The van der Waals surface area contributed by atoms with Crippen molar-refractivity contribution < 1.29 is 8.42 Å². The molecule has 2 aliphatic rings. The number of alkyl halides is 1. The van der Waals surface area contributed by atoms with E-state index in [4.69, 9.17) is 23.2 Å². The van der Waals surface area contributed by atoms with Crippen LogP contribution < -0.4 is 0 Å². The highest BCUT2D eigenvalue weighted by Gasteiger charge is 2.41. The first-order chi connectivity index (χ1) is 11.0. The van der Waals surface area contributed by atoms with Crippen molar-refractivity contribution in [3.63, 3.8) is 0 Å². The van der Waals surface area contributed by atoms with E-state index in [-0.39, 0.29) is 0 Å². The Balaban J connectivity index is 1.67. The largest absolute Gasteiger partial charge is 0.261 e.